The van der Waals surface area contributed by atoms with E-state index < -0.39 is 6.64 Å². The molecule has 0 bridgehead atoms. The molecule has 2 aliphatic rings. The van der Waals surface area contributed by atoms with Gasteiger partial charge in [0, 0.05) is 12.5 Å². The summed E-state index contributed by atoms with van der Waals surface area (Å²) in [6.45, 7) is 5.76. The van der Waals surface area contributed by atoms with Crippen LogP contribution in [0, 0.1) is 0 Å². The van der Waals surface area contributed by atoms with Gasteiger partial charge in [-0.25, -0.2) is 9.98 Å². The van der Waals surface area contributed by atoms with Gasteiger partial charge in [0.05, 0.1) is 20.3 Å². The van der Waals surface area contributed by atoms with Gasteiger partial charge in [0.1, 0.15) is 13.8 Å². The van der Waals surface area contributed by atoms with Crippen LogP contribution in [0.4, 0.5) is 0 Å². The largest absolute Gasteiger partial charge is 0.493 e. The fourth-order valence-corrected chi connectivity index (χ4v) is 2.32. The Hall–Kier alpha value is -2.04. The topological polar surface area (TPSA) is 49.2 Å². The first-order valence-electron chi connectivity index (χ1n) is 8.39. The second-order valence-corrected chi connectivity index (χ2v) is 5.61. The van der Waals surface area contributed by atoms with Crippen LogP contribution in [0.25, 0.3) is 0 Å². The lowest BCUT2D eigenvalue weighted by Gasteiger charge is -2.25. The number of amidine groups is 1. The van der Waals surface area contributed by atoms with Crippen LogP contribution in [0.1, 0.15) is 40.7 Å². The van der Waals surface area contributed by atoms with Gasteiger partial charge in [-0.05, 0) is 38.0 Å². The number of guanidine groups is 1. The number of hydrogen-bond acceptors (Lipinski definition) is 5. The van der Waals surface area contributed by atoms with Crippen molar-refractivity contribution in [3.8, 4) is 5.75 Å². The lowest BCUT2D eigenvalue weighted by Crippen LogP contribution is -2.36. The summed E-state index contributed by atoms with van der Waals surface area (Å²) in [5.41, 5.74) is 2.31. The third-order valence-electron chi connectivity index (χ3n) is 3.70. The van der Waals surface area contributed by atoms with Gasteiger partial charge in [-0.1, -0.05) is 12.1 Å². The third kappa shape index (κ3) is 3.01. The van der Waals surface area contributed by atoms with Crippen molar-refractivity contribution in [1.82, 2.24) is 10.2 Å². The number of benzene rings is 1. The van der Waals surface area contributed by atoms with Crippen molar-refractivity contribution in [3.63, 3.8) is 0 Å². The summed E-state index contributed by atoms with van der Waals surface area (Å²) in [5, 5.41) is 3.19. The molecule has 0 saturated carbocycles. The van der Waals surface area contributed by atoms with Crippen LogP contribution in [0.2, 0.25) is 0 Å². The first-order valence-corrected chi connectivity index (χ1v) is 7.31. The molecule has 0 fully saturated rings. The zero-order chi connectivity index (χ0) is 16.6. The molecule has 21 heavy (non-hydrogen) atoms. The van der Waals surface area contributed by atoms with E-state index in [1.807, 2.05) is 26.8 Å². The second kappa shape index (κ2) is 5.76. The molecule has 0 amide bonds. The molecule has 112 valence electrons. The molecule has 0 saturated heterocycles. The molecule has 0 radical (unpaired) electrons. The predicted molar refractivity (Wildman–Crippen MR) is 85.0 cm³/mol. The van der Waals surface area contributed by atoms with Crippen LogP contribution in [-0.2, 0) is 6.42 Å². The summed E-state index contributed by atoms with van der Waals surface area (Å²) in [6, 6.07) is 6.18. The molecule has 2 heterocycles. The summed E-state index contributed by atoms with van der Waals surface area (Å²) < 4.78 is 21.6. The van der Waals surface area contributed by atoms with Gasteiger partial charge in [-0.3, -0.25) is 0 Å². The minimum absolute atomic E-state index is 0.0188. The number of fused-ring (bicyclic) bond motifs is 1. The monoisotopic (exact) mass is 288 g/mol. The van der Waals surface area contributed by atoms with Crippen LogP contribution in [0.15, 0.2) is 28.2 Å². The highest BCUT2D eigenvalue weighted by atomic mass is 16.5. The summed E-state index contributed by atoms with van der Waals surface area (Å²) in [7, 11) is 0. The van der Waals surface area contributed by atoms with Crippen molar-refractivity contribution in [2.75, 3.05) is 13.3 Å². The van der Waals surface area contributed by atoms with E-state index in [1.165, 1.54) is 5.56 Å². The molecule has 1 aromatic rings. The first-order chi connectivity index (χ1) is 11.0. The van der Waals surface area contributed by atoms with Gasteiger partial charge < -0.3 is 15.0 Å². The van der Waals surface area contributed by atoms with Crippen LogP contribution >= 0.6 is 0 Å². The molecule has 0 spiro atoms. The Morgan fingerprint density at radius 1 is 1.43 bits per heavy atom. The van der Waals surface area contributed by atoms with Crippen molar-refractivity contribution in [3.05, 3.63) is 29.3 Å². The number of aliphatic imine (C=N–C) groups is 2. The van der Waals surface area contributed by atoms with E-state index >= 15 is 0 Å². The molecule has 5 nitrogen and oxygen atoms in total. The average molecular weight is 288 g/mol. The number of ether oxygens (including phenoxy) is 1. The van der Waals surface area contributed by atoms with Crippen molar-refractivity contribution in [1.29, 1.82) is 0 Å². The molecule has 1 aromatic carbocycles. The molecule has 5 heteroatoms. The molecule has 0 aromatic heterocycles. The first kappa shape index (κ1) is 11.6. The maximum atomic E-state index is 8.05. The summed E-state index contributed by atoms with van der Waals surface area (Å²) in [4.78, 5) is 9.96. The highest BCUT2D eigenvalue weighted by molar-refractivity contribution is 5.89. The van der Waals surface area contributed by atoms with Gasteiger partial charge in [0.2, 0.25) is 5.96 Å². The lowest BCUT2D eigenvalue weighted by atomic mass is 10.0. The Kier molecular flexibility index (Phi) is 3.18. The second-order valence-electron chi connectivity index (χ2n) is 5.61. The van der Waals surface area contributed by atoms with E-state index in [1.54, 1.807) is 4.90 Å². The molecule has 2 atom stereocenters. The summed E-state index contributed by atoms with van der Waals surface area (Å²) in [5.74, 6) is 1.27. The zero-order valence-electron chi connectivity index (χ0n) is 14.6. The Balaban J connectivity index is 1.73. The van der Waals surface area contributed by atoms with Crippen LogP contribution in [-0.4, -0.2) is 36.5 Å². The van der Waals surface area contributed by atoms with Crippen molar-refractivity contribution in [2.45, 2.75) is 39.3 Å². The van der Waals surface area contributed by atoms with E-state index in [0.29, 0.717) is 5.96 Å². The Morgan fingerprint density at radius 2 is 2.29 bits per heavy atom. The Morgan fingerprint density at radius 3 is 3.05 bits per heavy atom. The van der Waals surface area contributed by atoms with Gasteiger partial charge in [0.25, 0.3) is 0 Å². The number of rotatable bonds is 3. The molecule has 1 N–H and O–H groups in total. The Bertz CT molecular complexity index is 659. The molecule has 1 unspecified atom stereocenters. The number of nitrogens with one attached hydrogen (secondary N) is 1. The van der Waals surface area contributed by atoms with Crippen LogP contribution in [0.3, 0.4) is 0 Å². The number of hydrogen-bond donors (Lipinski definition) is 1. The quantitative estimate of drug-likeness (QED) is 0.928. The average Bonchev–Trinajstić information content (AvgIpc) is 2.93. The van der Waals surface area contributed by atoms with Crippen molar-refractivity contribution < 1.29 is 7.48 Å². The lowest BCUT2D eigenvalue weighted by molar-refractivity contribution is 0.356. The smallest absolute Gasteiger partial charge is 0.221 e. The molecule has 0 aliphatic carbocycles. The van der Waals surface area contributed by atoms with Gasteiger partial charge >= 0.3 is 0 Å². The number of nitrogens with zero attached hydrogens (tertiary/aromatic N) is 3. The van der Waals surface area contributed by atoms with E-state index in [-0.39, 0.29) is 18.4 Å². The third-order valence-corrected chi connectivity index (χ3v) is 3.70. The van der Waals surface area contributed by atoms with E-state index in [2.05, 4.69) is 27.4 Å². The standard InChI is InChI=1S/C16H22N4O/c1-11(2)20-9-17-16(18-10-20)19-12(3)14-5-4-13-6-7-21-15(13)8-14/h4-5,8-9,11-12H,6-7,10H2,1-3H3,(H,18,19)/i9D,10D/t10-,12?/m0/s1. The molecule has 3 rings (SSSR count). The van der Waals surface area contributed by atoms with Crippen LogP contribution in [0.5, 0.6) is 5.75 Å². The van der Waals surface area contributed by atoms with Gasteiger partial charge in [-0.15, -0.1) is 0 Å². The zero-order valence-corrected chi connectivity index (χ0v) is 12.6. The van der Waals surface area contributed by atoms with Gasteiger partial charge in [0.15, 0.2) is 0 Å². The molecule has 2 aliphatic heterocycles. The summed E-state index contributed by atoms with van der Waals surface area (Å²) >= 11 is 0. The highest BCUT2D eigenvalue weighted by Gasteiger charge is 2.16. The van der Waals surface area contributed by atoms with E-state index in [0.717, 1.165) is 24.3 Å². The molecular formula is C16H22N4O. The SMILES string of the molecule is [2H]C1=NC(NC(C)c2ccc3c(c2)OCC3)=N[C@H]([2H])N1C(C)C. The maximum absolute atomic E-state index is 8.05. The van der Waals surface area contributed by atoms with Crippen LogP contribution < -0.4 is 10.1 Å². The van der Waals surface area contributed by atoms with E-state index in [4.69, 9.17) is 7.48 Å². The predicted octanol–water partition coefficient (Wildman–Crippen LogP) is 2.34. The minimum Gasteiger partial charge on any atom is -0.493 e. The summed E-state index contributed by atoms with van der Waals surface area (Å²) in [6.07, 6.45) is 1.03. The fraction of sp³-hybridized carbons (Fsp3) is 0.500. The maximum Gasteiger partial charge on any atom is 0.221 e. The minimum atomic E-state index is -0.835. The van der Waals surface area contributed by atoms with Gasteiger partial charge in [-0.2, -0.15) is 0 Å². The normalized spacial score (nSPS) is 23.6. The fourth-order valence-electron chi connectivity index (χ4n) is 2.32. The van der Waals surface area contributed by atoms with E-state index in [9.17, 15) is 0 Å². The highest BCUT2D eigenvalue weighted by Crippen LogP contribution is 2.28. The Labute approximate surface area is 128 Å². The molecular weight excluding hydrogens is 264 g/mol. The van der Waals surface area contributed by atoms with Crippen molar-refractivity contribution >= 4 is 12.3 Å². The van der Waals surface area contributed by atoms with Crippen molar-refractivity contribution in [2.24, 2.45) is 9.98 Å².